The number of aromatic nitrogens is 2. The van der Waals surface area contributed by atoms with Gasteiger partial charge in [-0.05, 0) is 18.9 Å². The third-order valence-electron chi connectivity index (χ3n) is 3.80. The molecule has 1 N–H and O–H groups in total. The average Bonchev–Trinajstić information content (AvgIpc) is 2.98. The number of nitrogens with zero attached hydrogens (tertiary/aromatic N) is 3. The zero-order chi connectivity index (χ0) is 13.1. The first-order valence-corrected chi connectivity index (χ1v) is 6.97. The molecular weight excluding hydrogens is 244 g/mol. The Morgan fingerprint density at radius 1 is 1.32 bits per heavy atom. The fourth-order valence-corrected chi connectivity index (χ4v) is 2.64. The Morgan fingerprint density at radius 3 is 2.79 bits per heavy atom. The average molecular weight is 264 g/mol. The monoisotopic (exact) mass is 264 g/mol. The second-order valence-electron chi connectivity index (χ2n) is 5.07. The summed E-state index contributed by atoms with van der Waals surface area (Å²) in [7, 11) is 0. The van der Waals surface area contributed by atoms with Crippen LogP contribution < -0.4 is 5.32 Å². The highest BCUT2D eigenvalue weighted by Crippen LogP contribution is 2.20. The van der Waals surface area contributed by atoms with E-state index >= 15 is 0 Å². The molecule has 0 spiro atoms. The molecule has 104 valence electrons. The first-order valence-electron chi connectivity index (χ1n) is 6.97. The molecule has 2 fully saturated rings. The molecule has 19 heavy (non-hydrogen) atoms. The molecule has 0 aliphatic carbocycles. The highest BCUT2D eigenvalue weighted by Gasteiger charge is 2.22. The number of hydrogen-bond donors (Lipinski definition) is 1. The van der Waals surface area contributed by atoms with Gasteiger partial charge in [-0.1, -0.05) is 0 Å². The first kappa shape index (κ1) is 12.6. The van der Waals surface area contributed by atoms with Crippen molar-refractivity contribution >= 4 is 5.91 Å². The molecule has 2 aliphatic rings. The molecule has 0 atom stereocenters. The van der Waals surface area contributed by atoms with E-state index in [1.807, 2.05) is 21.8 Å². The van der Waals surface area contributed by atoms with Crippen LogP contribution in [0.15, 0.2) is 12.3 Å². The Balaban J connectivity index is 1.67. The lowest BCUT2D eigenvalue weighted by molar-refractivity contribution is 0.0652. The van der Waals surface area contributed by atoms with Gasteiger partial charge in [-0.2, -0.15) is 5.10 Å². The topological polar surface area (TPSA) is 59.4 Å². The number of piperazine rings is 1. The molecular formula is C13H20N4O2. The third-order valence-corrected chi connectivity index (χ3v) is 3.80. The molecule has 3 rings (SSSR count). The molecule has 1 amide bonds. The quantitative estimate of drug-likeness (QED) is 0.833. The maximum atomic E-state index is 12.3. The van der Waals surface area contributed by atoms with Gasteiger partial charge in [0, 0.05) is 45.6 Å². The predicted molar refractivity (Wildman–Crippen MR) is 70.1 cm³/mol. The Morgan fingerprint density at radius 2 is 2.05 bits per heavy atom. The minimum Gasteiger partial charge on any atom is -0.381 e. The number of nitrogens with one attached hydrogen (secondary N) is 1. The molecule has 0 bridgehead atoms. The van der Waals surface area contributed by atoms with Crippen LogP contribution in [0.4, 0.5) is 0 Å². The van der Waals surface area contributed by atoms with Crippen LogP contribution in [-0.2, 0) is 4.74 Å². The summed E-state index contributed by atoms with van der Waals surface area (Å²) >= 11 is 0. The van der Waals surface area contributed by atoms with E-state index in [1.165, 1.54) is 0 Å². The van der Waals surface area contributed by atoms with Gasteiger partial charge in [0.25, 0.3) is 5.91 Å². The number of ether oxygens (including phenoxy) is 1. The lowest BCUT2D eigenvalue weighted by Gasteiger charge is -2.26. The number of carbonyl (C=O) groups is 1. The Kier molecular flexibility index (Phi) is 3.79. The van der Waals surface area contributed by atoms with Gasteiger partial charge < -0.3 is 15.0 Å². The fraction of sp³-hybridized carbons (Fsp3) is 0.692. The van der Waals surface area contributed by atoms with E-state index in [4.69, 9.17) is 4.74 Å². The molecule has 3 heterocycles. The lowest BCUT2D eigenvalue weighted by atomic mass is 10.1. The zero-order valence-corrected chi connectivity index (χ0v) is 11.0. The van der Waals surface area contributed by atoms with E-state index in [2.05, 4.69) is 10.4 Å². The van der Waals surface area contributed by atoms with E-state index < -0.39 is 0 Å². The summed E-state index contributed by atoms with van der Waals surface area (Å²) in [5.74, 6) is 0.0484. The number of carbonyl (C=O) groups excluding carboxylic acids is 1. The maximum Gasteiger partial charge on any atom is 0.274 e. The molecule has 2 aliphatic heterocycles. The van der Waals surface area contributed by atoms with Crippen LogP contribution in [0, 0.1) is 0 Å². The van der Waals surface area contributed by atoms with Gasteiger partial charge in [0.05, 0.1) is 6.04 Å². The van der Waals surface area contributed by atoms with Gasteiger partial charge in [0.15, 0.2) is 0 Å². The molecule has 0 aromatic carbocycles. The van der Waals surface area contributed by atoms with Crippen molar-refractivity contribution in [2.24, 2.45) is 0 Å². The molecule has 6 heteroatoms. The van der Waals surface area contributed by atoms with E-state index in [1.54, 1.807) is 0 Å². The molecule has 1 aromatic rings. The van der Waals surface area contributed by atoms with Gasteiger partial charge in [-0.3, -0.25) is 9.48 Å². The normalized spacial score (nSPS) is 21.6. The zero-order valence-electron chi connectivity index (χ0n) is 11.0. The van der Waals surface area contributed by atoms with Crippen molar-refractivity contribution < 1.29 is 9.53 Å². The summed E-state index contributed by atoms with van der Waals surface area (Å²) in [6.07, 6.45) is 3.87. The summed E-state index contributed by atoms with van der Waals surface area (Å²) in [5.41, 5.74) is 0.563. The van der Waals surface area contributed by atoms with Crippen LogP contribution in [0.2, 0.25) is 0 Å². The van der Waals surface area contributed by atoms with E-state index in [9.17, 15) is 4.79 Å². The largest absolute Gasteiger partial charge is 0.381 e. The third kappa shape index (κ3) is 2.79. The lowest BCUT2D eigenvalue weighted by Crippen LogP contribution is -2.46. The Labute approximate surface area is 112 Å². The number of rotatable bonds is 2. The van der Waals surface area contributed by atoms with Crippen LogP contribution in [0.1, 0.15) is 29.4 Å². The highest BCUT2D eigenvalue weighted by atomic mass is 16.5. The van der Waals surface area contributed by atoms with Crippen LogP contribution in [0.3, 0.4) is 0 Å². The fourth-order valence-electron chi connectivity index (χ4n) is 2.64. The predicted octanol–water partition coefficient (Wildman–Crippen LogP) is 0.280. The highest BCUT2D eigenvalue weighted by molar-refractivity contribution is 5.92. The maximum absolute atomic E-state index is 12.3. The second-order valence-corrected chi connectivity index (χ2v) is 5.07. The summed E-state index contributed by atoms with van der Waals surface area (Å²) in [6.45, 7) is 4.84. The van der Waals surface area contributed by atoms with Crippen LogP contribution in [0.5, 0.6) is 0 Å². The summed E-state index contributed by atoms with van der Waals surface area (Å²) in [4.78, 5) is 14.2. The Hall–Kier alpha value is -1.40. The Bertz CT molecular complexity index is 434. The number of hydrogen-bond acceptors (Lipinski definition) is 4. The molecule has 2 saturated heterocycles. The van der Waals surface area contributed by atoms with Crippen LogP contribution >= 0.6 is 0 Å². The van der Waals surface area contributed by atoms with Gasteiger partial charge in [0.1, 0.15) is 5.69 Å². The van der Waals surface area contributed by atoms with E-state index in [0.717, 1.165) is 52.2 Å². The van der Waals surface area contributed by atoms with Crippen molar-refractivity contribution in [3.05, 3.63) is 18.0 Å². The summed E-state index contributed by atoms with van der Waals surface area (Å²) in [6, 6.07) is 2.21. The smallest absolute Gasteiger partial charge is 0.274 e. The standard InChI is InChI=1S/C13H20N4O2/c18-13(16-7-4-14-5-8-16)12-1-6-17(15-12)11-2-9-19-10-3-11/h1,6,11,14H,2-5,7-10H2. The van der Waals surface area contributed by atoms with Gasteiger partial charge >= 0.3 is 0 Å². The van der Waals surface area contributed by atoms with Crippen molar-refractivity contribution in [3.63, 3.8) is 0 Å². The van der Waals surface area contributed by atoms with Crippen molar-refractivity contribution in [1.29, 1.82) is 0 Å². The minimum atomic E-state index is 0.0484. The van der Waals surface area contributed by atoms with Crippen molar-refractivity contribution in [2.45, 2.75) is 18.9 Å². The molecule has 1 aromatic heterocycles. The SMILES string of the molecule is O=C(c1ccn(C2CCOCC2)n1)N1CCNCC1. The van der Waals surface area contributed by atoms with Gasteiger partial charge in [-0.15, -0.1) is 0 Å². The summed E-state index contributed by atoms with van der Waals surface area (Å²) < 4.78 is 7.28. The van der Waals surface area contributed by atoms with Crippen molar-refractivity contribution in [1.82, 2.24) is 20.0 Å². The van der Waals surface area contributed by atoms with Gasteiger partial charge in [0.2, 0.25) is 0 Å². The molecule has 0 radical (unpaired) electrons. The van der Waals surface area contributed by atoms with Crippen LogP contribution in [-0.4, -0.2) is 60.0 Å². The molecule has 6 nitrogen and oxygen atoms in total. The van der Waals surface area contributed by atoms with E-state index in [0.29, 0.717) is 11.7 Å². The van der Waals surface area contributed by atoms with Crippen molar-refractivity contribution in [2.75, 3.05) is 39.4 Å². The molecule has 0 unspecified atom stereocenters. The van der Waals surface area contributed by atoms with E-state index in [-0.39, 0.29) is 5.91 Å². The first-order chi connectivity index (χ1) is 9.34. The van der Waals surface area contributed by atoms with Crippen molar-refractivity contribution in [3.8, 4) is 0 Å². The number of amides is 1. The van der Waals surface area contributed by atoms with Gasteiger partial charge in [-0.25, -0.2) is 0 Å². The minimum absolute atomic E-state index is 0.0484. The molecule has 0 saturated carbocycles. The summed E-state index contributed by atoms with van der Waals surface area (Å²) in [5, 5.41) is 7.70. The second kappa shape index (κ2) is 5.71. The van der Waals surface area contributed by atoms with Crippen LogP contribution in [0.25, 0.3) is 0 Å².